The fourth-order valence-corrected chi connectivity index (χ4v) is 2.52. The summed E-state index contributed by atoms with van der Waals surface area (Å²) in [6.07, 6.45) is 4.82. The van der Waals surface area contributed by atoms with Gasteiger partial charge >= 0.3 is 0 Å². The lowest BCUT2D eigenvalue weighted by Crippen LogP contribution is -2.42. The molecular formula is C11H17BrN2. The molecule has 0 spiro atoms. The molecule has 3 heteroatoms. The minimum atomic E-state index is 0.740. The first-order chi connectivity index (χ1) is 6.66. The zero-order chi connectivity index (χ0) is 10.1. The first-order valence-corrected chi connectivity index (χ1v) is 6.00. The minimum absolute atomic E-state index is 0.740. The SMILES string of the molecule is CC1CCC1NCc1cc(Br)cn1C. The molecular weight excluding hydrogens is 240 g/mol. The summed E-state index contributed by atoms with van der Waals surface area (Å²) in [6, 6.07) is 2.92. The highest BCUT2D eigenvalue weighted by Crippen LogP contribution is 2.26. The normalized spacial score (nSPS) is 26.2. The van der Waals surface area contributed by atoms with Crippen molar-refractivity contribution in [3.05, 3.63) is 22.4 Å². The summed E-state index contributed by atoms with van der Waals surface area (Å²) in [5.41, 5.74) is 1.34. The molecule has 1 aromatic heterocycles. The summed E-state index contributed by atoms with van der Waals surface area (Å²) in [7, 11) is 2.09. The molecule has 0 radical (unpaired) electrons. The maximum absolute atomic E-state index is 3.60. The van der Waals surface area contributed by atoms with Crippen molar-refractivity contribution in [1.82, 2.24) is 9.88 Å². The second-order valence-electron chi connectivity index (χ2n) is 4.30. The maximum atomic E-state index is 3.60. The molecule has 2 rings (SSSR count). The molecule has 1 fully saturated rings. The number of aromatic nitrogens is 1. The van der Waals surface area contributed by atoms with E-state index < -0.39 is 0 Å². The van der Waals surface area contributed by atoms with Gasteiger partial charge in [-0.1, -0.05) is 6.92 Å². The Morgan fingerprint density at radius 3 is 2.79 bits per heavy atom. The Kier molecular flexibility index (Phi) is 2.98. The lowest BCUT2D eigenvalue weighted by Gasteiger charge is -2.34. The van der Waals surface area contributed by atoms with Crippen LogP contribution in [0.2, 0.25) is 0 Å². The maximum Gasteiger partial charge on any atom is 0.0362 e. The third kappa shape index (κ3) is 2.04. The van der Waals surface area contributed by atoms with Gasteiger partial charge in [-0.15, -0.1) is 0 Å². The lowest BCUT2D eigenvalue weighted by atomic mass is 9.81. The molecule has 1 aliphatic carbocycles. The Morgan fingerprint density at radius 1 is 1.57 bits per heavy atom. The van der Waals surface area contributed by atoms with Crippen molar-refractivity contribution in [2.75, 3.05) is 0 Å². The number of nitrogens with zero attached hydrogens (tertiary/aromatic N) is 1. The third-order valence-corrected chi connectivity index (χ3v) is 3.67. The number of halogens is 1. The van der Waals surface area contributed by atoms with Gasteiger partial charge in [-0.3, -0.25) is 0 Å². The highest BCUT2D eigenvalue weighted by molar-refractivity contribution is 9.10. The van der Waals surface area contributed by atoms with Gasteiger partial charge in [0.25, 0.3) is 0 Å². The van der Waals surface area contributed by atoms with Gasteiger partial charge in [-0.25, -0.2) is 0 Å². The van der Waals surface area contributed by atoms with E-state index in [-0.39, 0.29) is 0 Å². The average Bonchev–Trinajstić information content (AvgIpc) is 2.43. The number of hydrogen-bond donors (Lipinski definition) is 1. The molecule has 1 saturated carbocycles. The van der Waals surface area contributed by atoms with Gasteiger partial charge in [-0.2, -0.15) is 0 Å². The van der Waals surface area contributed by atoms with E-state index >= 15 is 0 Å². The molecule has 0 saturated heterocycles. The zero-order valence-corrected chi connectivity index (χ0v) is 10.3. The molecule has 1 aromatic rings. The summed E-state index contributed by atoms with van der Waals surface area (Å²) in [5.74, 6) is 0.860. The highest BCUT2D eigenvalue weighted by Gasteiger charge is 2.25. The van der Waals surface area contributed by atoms with Gasteiger partial charge in [0.05, 0.1) is 0 Å². The summed E-state index contributed by atoms with van der Waals surface area (Å²) in [4.78, 5) is 0. The van der Waals surface area contributed by atoms with E-state index in [1.165, 1.54) is 23.0 Å². The van der Waals surface area contributed by atoms with Crippen molar-refractivity contribution in [2.24, 2.45) is 13.0 Å². The van der Waals surface area contributed by atoms with Gasteiger partial charge in [0.15, 0.2) is 0 Å². The van der Waals surface area contributed by atoms with Gasteiger partial charge < -0.3 is 9.88 Å². The van der Waals surface area contributed by atoms with Crippen molar-refractivity contribution in [3.63, 3.8) is 0 Å². The van der Waals surface area contributed by atoms with Crippen molar-refractivity contribution in [2.45, 2.75) is 32.4 Å². The fraction of sp³-hybridized carbons (Fsp3) is 0.636. The first kappa shape index (κ1) is 10.2. The van der Waals surface area contributed by atoms with E-state index in [9.17, 15) is 0 Å². The monoisotopic (exact) mass is 256 g/mol. The van der Waals surface area contributed by atoms with Gasteiger partial charge in [0.1, 0.15) is 0 Å². The van der Waals surface area contributed by atoms with E-state index in [0.717, 1.165) is 18.5 Å². The Morgan fingerprint density at radius 2 is 2.36 bits per heavy atom. The quantitative estimate of drug-likeness (QED) is 0.880. The third-order valence-electron chi connectivity index (χ3n) is 3.24. The van der Waals surface area contributed by atoms with Crippen LogP contribution in [0.4, 0.5) is 0 Å². The molecule has 2 unspecified atom stereocenters. The Labute approximate surface area is 93.8 Å². The van der Waals surface area contributed by atoms with Crippen LogP contribution in [0.1, 0.15) is 25.5 Å². The van der Waals surface area contributed by atoms with Crippen LogP contribution in [0.25, 0.3) is 0 Å². The molecule has 14 heavy (non-hydrogen) atoms. The molecule has 1 aliphatic rings. The predicted molar refractivity (Wildman–Crippen MR) is 62.1 cm³/mol. The first-order valence-electron chi connectivity index (χ1n) is 5.21. The smallest absolute Gasteiger partial charge is 0.0362 e. The number of rotatable bonds is 3. The topological polar surface area (TPSA) is 17.0 Å². The van der Waals surface area contributed by atoms with Gasteiger partial charge in [0, 0.05) is 36.0 Å². The molecule has 78 valence electrons. The Hall–Kier alpha value is -0.280. The van der Waals surface area contributed by atoms with Crippen LogP contribution in [0.15, 0.2) is 16.7 Å². The molecule has 1 heterocycles. The zero-order valence-electron chi connectivity index (χ0n) is 8.76. The van der Waals surface area contributed by atoms with Crippen LogP contribution >= 0.6 is 15.9 Å². The summed E-state index contributed by atoms with van der Waals surface area (Å²) < 4.78 is 3.33. The van der Waals surface area contributed by atoms with E-state index in [1.807, 2.05) is 0 Å². The van der Waals surface area contributed by atoms with Crippen LogP contribution in [-0.2, 0) is 13.6 Å². The lowest BCUT2D eigenvalue weighted by molar-refractivity contribution is 0.227. The summed E-state index contributed by atoms with van der Waals surface area (Å²) >= 11 is 3.48. The van der Waals surface area contributed by atoms with Crippen LogP contribution in [0, 0.1) is 5.92 Å². The van der Waals surface area contributed by atoms with Crippen molar-refractivity contribution in [3.8, 4) is 0 Å². The molecule has 1 N–H and O–H groups in total. The van der Waals surface area contributed by atoms with E-state index in [2.05, 4.69) is 52.0 Å². The standard InChI is InChI=1S/C11H17BrN2/c1-8-3-4-11(8)13-6-10-5-9(12)7-14(10)2/h5,7-8,11,13H,3-4,6H2,1-2H3. The predicted octanol–water partition coefficient (Wildman–Crippen LogP) is 2.68. The van der Waals surface area contributed by atoms with E-state index in [4.69, 9.17) is 0 Å². The Balaban J connectivity index is 1.88. The van der Waals surface area contributed by atoms with Crippen LogP contribution in [0.5, 0.6) is 0 Å². The molecule has 0 bridgehead atoms. The molecule has 0 aromatic carbocycles. The summed E-state index contributed by atoms with van der Waals surface area (Å²) in [6.45, 7) is 3.30. The average molecular weight is 257 g/mol. The summed E-state index contributed by atoms with van der Waals surface area (Å²) in [5, 5.41) is 3.60. The van der Waals surface area contributed by atoms with Gasteiger partial charge in [-0.05, 0) is 40.8 Å². The minimum Gasteiger partial charge on any atom is -0.352 e. The number of hydrogen-bond acceptors (Lipinski definition) is 1. The van der Waals surface area contributed by atoms with Crippen molar-refractivity contribution in [1.29, 1.82) is 0 Å². The van der Waals surface area contributed by atoms with E-state index in [1.54, 1.807) is 0 Å². The van der Waals surface area contributed by atoms with Gasteiger partial charge in [0.2, 0.25) is 0 Å². The number of nitrogens with one attached hydrogen (secondary N) is 1. The molecule has 2 atom stereocenters. The second-order valence-corrected chi connectivity index (χ2v) is 5.22. The second kappa shape index (κ2) is 4.07. The van der Waals surface area contributed by atoms with E-state index in [0.29, 0.717) is 0 Å². The molecule has 0 aliphatic heterocycles. The van der Waals surface area contributed by atoms with Crippen molar-refractivity contribution >= 4 is 15.9 Å². The van der Waals surface area contributed by atoms with Crippen LogP contribution in [-0.4, -0.2) is 10.6 Å². The molecule has 0 amide bonds. The molecule has 2 nitrogen and oxygen atoms in total. The fourth-order valence-electron chi connectivity index (χ4n) is 1.95. The van der Waals surface area contributed by atoms with Crippen LogP contribution < -0.4 is 5.32 Å². The number of aryl methyl sites for hydroxylation is 1. The largest absolute Gasteiger partial charge is 0.352 e. The van der Waals surface area contributed by atoms with Crippen LogP contribution in [0.3, 0.4) is 0 Å². The Bertz CT molecular complexity index is 319. The highest BCUT2D eigenvalue weighted by atomic mass is 79.9. The van der Waals surface area contributed by atoms with Crippen molar-refractivity contribution < 1.29 is 0 Å².